The van der Waals surface area contributed by atoms with E-state index in [0.29, 0.717) is 6.61 Å². The molecule has 5 nitrogen and oxygen atoms in total. The lowest BCUT2D eigenvalue weighted by molar-refractivity contribution is 0.0257. The highest BCUT2D eigenvalue weighted by atomic mass is 32.1. The second kappa shape index (κ2) is 5.18. The summed E-state index contributed by atoms with van der Waals surface area (Å²) in [7, 11) is 0. The Morgan fingerprint density at radius 1 is 1.40 bits per heavy atom. The molecular weight excluding hydrogens is 274 g/mol. The second-order valence-corrected chi connectivity index (χ2v) is 6.70. The highest BCUT2D eigenvalue weighted by molar-refractivity contribution is 7.09. The van der Waals surface area contributed by atoms with E-state index in [1.807, 2.05) is 12.1 Å². The maximum atomic E-state index is 5.77. The third-order valence-electron chi connectivity index (χ3n) is 3.28. The van der Waals surface area contributed by atoms with Gasteiger partial charge in [0, 0.05) is 23.5 Å². The molecule has 3 rings (SSSR count). The molecule has 0 aliphatic carbocycles. The third kappa shape index (κ3) is 2.71. The van der Waals surface area contributed by atoms with E-state index in [1.165, 1.54) is 11.5 Å². The first-order valence-corrected chi connectivity index (χ1v) is 7.55. The normalized spacial score (nSPS) is 20.4. The Morgan fingerprint density at radius 2 is 2.25 bits per heavy atom. The molecule has 0 N–H and O–H groups in total. The van der Waals surface area contributed by atoms with Crippen molar-refractivity contribution in [2.24, 2.45) is 0 Å². The SMILES string of the molecule is CC(C)(C)c1nsc(N2CCOC(c3ccco3)C2)n1. The van der Waals surface area contributed by atoms with Gasteiger partial charge in [0.25, 0.3) is 0 Å². The molecular formula is C14H19N3O2S. The highest BCUT2D eigenvalue weighted by Gasteiger charge is 2.27. The standard InChI is InChI=1S/C14H19N3O2S/c1-14(2,3)12-15-13(20-16-12)17-6-8-19-11(9-17)10-5-4-7-18-10/h4-5,7,11H,6,8-9H2,1-3H3. The molecule has 3 heterocycles. The molecule has 1 fully saturated rings. The molecule has 0 bridgehead atoms. The molecule has 1 aliphatic rings. The van der Waals surface area contributed by atoms with Crippen LogP contribution in [0.5, 0.6) is 0 Å². The van der Waals surface area contributed by atoms with Gasteiger partial charge in [0.05, 0.1) is 19.4 Å². The van der Waals surface area contributed by atoms with Crippen LogP contribution in [-0.4, -0.2) is 29.1 Å². The molecule has 108 valence electrons. The quantitative estimate of drug-likeness (QED) is 0.852. The lowest BCUT2D eigenvalue weighted by Gasteiger charge is -2.31. The van der Waals surface area contributed by atoms with Crippen LogP contribution in [0, 0.1) is 0 Å². The molecule has 0 saturated carbocycles. The average Bonchev–Trinajstić information content (AvgIpc) is 3.10. The summed E-state index contributed by atoms with van der Waals surface area (Å²) in [6.45, 7) is 8.66. The molecule has 1 unspecified atom stereocenters. The molecule has 0 radical (unpaired) electrons. The molecule has 1 saturated heterocycles. The fraction of sp³-hybridized carbons (Fsp3) is 0.571. The third-order valence-corrected chi connectivity index (χ3v) is 4.06. The van der Waals surface area contributed by atoms with Gasteiger partial charge in [-0.2, -0.15) is 4.37 Å². The van der Waals surface area contributed by atoms with E-state index in [1.54, 1.807) is 6.26 Å². The van der Waals surface area contributed by atoms with E-state index in [4.69, 9.17) is 9.15 Å². The molecule has 2 aromatic rings. The minimum Gasteiger partial charge on any atom is -0.467 e. The zero-order chi connectivity index (χ0) is 14.2. The van der Waals surface area contributed by atoms with Crippen LogP contribution in [0.15, 0.2) is 22.8 Å². The van der Waals surface area contributed by atoms with E-state index >= 15 is 0 Å². The van der Waals surface area contributed by atoms with Crippen molar-refractivity contribution in [2.45, 2.75) is 32.3 Å². The van der Waals surface area contributed by atoms with Gasteiger partial charge in [-0.15, -0.1) is 0 Å². The molecule has 20 heavy (non-hydrogen) atoms. The average molecular weight is 293 g/mol. The van der Waals surface area contributed by atoms with Crippen LogP contribution in [0.25, 0.3) is 0 Å². The number of hydrogen-bond acceptors (Lipinski definition) is 6. The monoisotopic (exact) mass is 293 g/mol. The summed E-state index contributed by atoms with van der Waals surface area (Å²) in [4.78, 5) is 6.89. The van der Waals surface area contributed by atoms with Crippen LogP contribution in [0.3, 0.4) is 0 Å². The Kier molecular flexibility index (Phi) is 3.52. The zero-order valence-electron chi connectivity index (χ0n) is 12.0. The van der Waals surface area contributed by atoms with Crippen LogP contribution in [0.1, 0.15) is 38.5 Å². The van der Waals surface area contributed by atoms with Gasteiger partial charge in [0.1, 0.15) is 17.7 Å². The van der Waals surface area contributed by atoms with Crippen molar-refractivity contribution < 1.29 is 9.15 Å². The van der Waals surface area contributed by atoms with Crippen LogP contribution in [0.4, 0.5) is 5.13 Å². The number of rotatable bonds is 2. The minimum absolute atomic E-state index is 0.0125. The summed E-state index contributed by atoms with van der Waals surface area (Å²) in [6, 6.07) is 3.84. The molecule has 0 aromatic carbocycles. The minimum atomic E-state index is -0.0271. The molecule has 1 atom stereocenters. The fourth-order valence-electron chi connectivity index (χ4n) is 2.12. The van der Waals surface area contributed by atoms with Gasteiger partial charge in [0.2, 0.25) is 5.13 Å². The number of aromatic nitrogens is 2. The first kappa shape index (κ1) is 13.6. The van der Waals surface area contributed by atoms with E-state index in [-0.39, 0.29) is 11.5 Å². The molecule has 0 spiro atoms. The van der Waals surface area contributed by atoms with Crippen molar-refractivity contribution in [1.29, 1.82) is 0 Å². The van der Waals surface area contributed by atoms with Crippen molar-refractivity contribution in [3.8, 4) is 0 Å². The lowest BCUT2D eigenvalue weighted by Crippen LogP contribution is -2.38. The smallest absolute Gasteiger partial charge is 0.205 e. The maximum absolute atomic E-state index is 5.77. The molecule has 1 aliphatic heterocycles. The van der Waals surface area contributed by atoms with E-state index in [9.17, 15) is 0 Å². The Labute approximate surface area is 122 Å². The van der Waals surface area contributed by atoms with Gasteiger partial charge >= 0.3 is 0 Å². The summed E-state index contributed by atoms with van der Waals surface area (Å²) in [6.07, 6.45) is 1.65. The van der Waals surface area contributed by atoms with E-state index < -0.39 is 0 Å². The largest absolute Gasteiger partial charge is 0.467 e. The summed E-state index contributed by atoms with van der Waals surface area (Å²) in [5, 5.41) is 0.967. The van der Waals surface area contributed by atoms with Crippen LogP contribution < -0.4 is 4.90 Å². The summed E-state index contributed by atoms with van der Waals surface area (Å²) >= 11 is 1.46. The van der Waals surface area contributed by atoms with Gasteiger partial charge in [-0.1, -0.05) is 20.8 Å². The first-order chi connectivity index (χ1) is 9.54. The Balaban J connectivity index is 1.75. The van der Waals surface area contributed by atoms with Crippen molar-refractivity contribution >= 4 is 16.7 Å². The number of anilines is 1. The number of ether oxygens (including phenoxy) is 1. The van der Waals surface area contributed by atoms with Crippen LogP contribution in [0.2, 0.25) is 0 Å². The predicted molar refractivity (Wildman–Crippen MR) is 78.2 cm³/mol. The van der Waals surface area contributed by atoms with Crippen LogP contribution in [-0.2, 0) is 10.2 Å². The van der Waals surface area contributed by atoms with Crippen molar-refractivity contribution in [3.05, 3.63) is 30.0 Å². The second-order valence-electron chi connectivity index (χ2n) is 5.97. The highest BCUT2D eigenvalue weighted by Crippen LogP contribution is 2.29. The number of morpholine rings is 1. The Hall–Kier alpha value is -1.40. The number of furan rings is 1. The molecule has 0 amide bonds. The van der Waals surface area contributed by atoms with Gasteiger partial charge < -0.3 is 14.1 Å². The molecule has 2 aromatic heterocycles. The fourth-order valence-corrected chi connectivity index (χ4v) is 3.01. The topological polar surface area (TPSA) is 51.4 Å². The zero-order valence-corrected chi connectivity index (χ0v) is 12.8. The Bertz CT molecular complexity index is 559. The number of nitrogens with zero attached hydrogens (tertiary/aromatic N) is 3. The molecule has 6 heteroatoms. The van der Waals surface area contributed by atoms with E-state index in [0.717, 1.165) is 29.8 Å². The van der Waals surface area contributed by atoms with Crippen molar-refractivity contribution in [1.82, 2.24) is 9.36 Å². The van der Waals surface area contributed by atoms with Crippen LogP contribution >= 0.6 is 11.5 Å². The van der Waals surface area contributed by atoms with Crippen molar-refractivity contribution in [2.75, 3.05) is 24.6 Å². The first-order valence-electron chi connectivity index (χ1n) is 6.78. The predicted octanol–water partition coefficient (Wildman–Crippen LogP) is 3.01. The lowest BCUT2D eigenvalue weighted by atomic mass is 9.96. The van der Waals surface area contributed by atoms with E-state index in [2.05, 4.69) is 35.0 Å². The maximum Gasteiger partial charge on any atom is 0.205 e. The van der Waals surface area contributed by atoms with Gasteiger partial charge in [-0.3, -0.25) is 0 Å². The summed E-state index contributed by atoms with van der Waals surface area (Å²) < 4.78 is 15.7. The summed E-state index contributed by atoms with van der Waals surface area (Å²) in [5.74, 6) is 1.77. The van der Waals surface area contributed by atoms with Gasteiger partial charge in [-0.25, -0.2) is 4.98 Å². The Morgan fingerprint density at radius 3 is 2.90 bits per heavy atom. The summed E-state index contributed by atoms with van der Waals surface area (Å²) in [5.41, 5.74) is -0.0125. The van der Waals surface area contributed by atoms with Gasteiger partial charge in [-0.05, 0) is 12.1 Å². The number of hydrogen-bond donors (Lipinski definition) is 0. The van der Waals surface area contributed by atoms with Crippen molar-refractivity contribution in [3.63, 3.8) is 0 Å². The van der Waals surface area contributed by atoms with Gasteiger partial charge in [0.15, 0.2) is 0 Å².